The maximum atomic E-state index is 12.7. The van der Waals surface area contributed by atoms with Gasteiger partial charge in [-0.1, -0.05) is 48.0 Å². The van der Waals surface area contributed by atoms with E-state index >= 15 is 0 Å². The van der Waals surface area contributed by atoms with Crippen LogP contribution in [0, 0.1) is 0 Å². The second-order valence-electron chi connectivity index (χ2n) is 6.50. The molecule has 0 saturated heterocycles. The Balaban J connectivity index is 1.72. The van der Waals surface area contributed by atoms with Gasteiger partial charge in [0.05, 0.1) is 17.8 Å². The molecule has 4 aromatic rings. The van der Waals surface area contributed by atoms with E-state index in [0.29, 0.717) is 28.6 Å². The first-order chi connectivity index (χ1) is 14.1. The van der Waals surface area contributed by atoms with E-state index < -0.39 is 0 Å². The summed E-state index contributed by atoms with van der Waals surface area (Å²) in [6.07, 6.45) is 0. The monoisotopic (exact) mass is 402 g/mol. The zero-order valence-corrected chi connectivity index (χ0v) is 16.6. The standard InChI is InChI=1S/C24H19ClN2O2/c1-2-29-23-15-22(16-7-4-3-5-8-16)27-21-12-11-17(13-20(21)23)24(28)26-19-10-6-9-18(25)14-19/h3-15H,2H2,1H3,(H,26,28). The molecular weight excluding hydrogens is 384 g/mol. The van der Waals surface area contributed by atoms with E-state index in [2.05, 4.69) is 5.32 Å². The highest BCUT2D eigenvalue weighted by Gasteiger charge is 2.13. The number of hydrogen-bond acceptors (Lipinski definition) is 3. The van der Waals surface area contributed by atoms with Crippen LogP contribution >= 0.6 is 11.6 Å². The van der Waals surface area contributed by atoms with Crippen LogP contribution in [0.15, 0.2) is 78.9 Å². The number of carbonyl (C=O) groups excluding carboxylic acids is 1. The number of amides is 1. The number of nitrogens with zero attached hydrogens (tertiary/aromatic N) is 1. The summed E-state index contributed by atoms with van der Waals surface area (Å²) in [7, 11) is 0. The fourth-order valence-corrected chi connectivity index (χ4v) is 3.33. The van der Waals surface area contributed by atoms with E-state index in [1.54, 1.807) is 30.3 Å². The van der Waals surface area contributed by atoms with Crippen molar-refractivity contribution in [1.29, 1.82) is 0 Å². The van der Waals surface area contributed by atoms with Crippen LogP contribution in [0.25, 0.3) is 22.2 Å². The molecule has 29 heavy (non-hydrogen) atoms. The van der Waals surface area contributed by atoms with Crippen molar-refractivity contribution < 1.29 is 9.53 Å². The van der Waals surface area contributed by atoms with Crippen molar-refractivity contribution in [2.45, 2.75) is 6.92 Å². The van der Waals surface area contributed by atoms with Crippen LogP contribution in [0.2, 0.25) is 5.02 Å². The summed E-state index contributed by atoms with van der Waals surface area (Å²) in [4.78, 5) is 17.5. The topological polar surface area (TPSA) is 51.2 Å². The van der Waals surface area contributed by atoms with Gasteiger partial charge in [-0.25, -0.2) is 4.98 Å². The summed E-state index contributed by atoms with van der Waals surface area (Å²) in [6.45, 7) is 2.45. The third kappa shape index (κ3) is 4.23. The number of nitrogens with one attached hydrogen (secondary N) is 1. The Morgan fingerprint density at radius 3 is 2.59 bits per heavy atom. The highest BCUT2D eigenvalue weighted by molar-refractivity contribution is 6.31. The first kappa shape index (κ1) is 19.0. The van der Waals surface area contributed by atoms with Crippen LogP contribution in [0.1, 0.15) is 17.3 Å². The maximum Gasteiger partial charge on any atom is 0.255 e. The van der Waals surface area contributed by atoms with Gasteiger partial charge in [0.15, 0.2) is 0 Å². The van der Waals surface area contributed by atoms with E-state index in [1.807, 2.05) is 55.5 Å². The molecule has 5 heteroatoms. The van der Waals surface area contributed by atoms with E-state index in [9.17, 15) is 4.79 Å². The van der Waals surface area contributed by atoms with Gasteiger partial charge in [0.25, 0.3) is 5.91 Å². The molecule has 0 atom stereocenters. The van der Waals surface area contributed by atoms with Crippen molar-refractivity contribution in [3.63, 3.8) is 0 Å². The predicted molar refractivity (Wildman–Crippen MR) is 118 cm³/mol. The summed E-state index contributed by atoms with van der Waals surface area (Å²) in [6, 6.07) is 24.3. The van der Waals surface area contributed by atoms with Crippen molar-refractivity contribution >= 4 is 34.1 Å². The summed E-state index contributed by atoms with van der Waals surface area (Å²) in [5.74, 6) is 0.484. The molecule has 0 bridgehead atoms. The number of rotatable bonds is 5. The van der Waals surface area contributed by atoms with Crippen LogP contribution in [0.3, 0.4) is 0 Å². The molecule has 0 radical (unpaired) electrons. The minimum absolute atomic E-state index is 0.219. The Labute approximate surface area is 174 Å². The molecule has 4 nitrogen and oxygen atoms in total. The van der Waals surface area contributed by atoms with Gasteiger partial charge in [-0.3, -0.25) is 4.79 Å². The van der Waals surface area contributed by atoms with E-state index in [-0.39, 0.29) is 5.91 Å². The predicted octanol–water partition coefficient (Wildman–Crippen LogP) is 6.21. The quantitative estimate of drug-likeness (QED) is 0.432. The fourth-order valence-electron chi connectivity index (χ4n) is 3.14. The van der Waals surface area contributed by atoms with Crippen molar-refractivity contribution in [3.8, 4) is 17.0 Å². The molecule has 0 unspecified atom stereocenters. The van der Waals surface area contributed by atoms with Gasteiger partial charge >= 0.3 is 0 Å². The molecule has 1 N–H and O–H groups in total. The Morgan fingerprint density at radius 1 is 1.00 bits per heavy atom. The minimum Gasteiger partial charge on any atom is -0.493 e. The lowest BCUT2D eigenvalue weighted by molar-refractivity contribution is 0.102. The molecule has 4 rings (SSSR count). The molecule has 0 aliphatic rings. The number of halogens is 1. The lowest BCUT2D eigenvalue weighted by Gasteiger charge is -2.12. The molecule has 0 spiro atoms. The number of carbonyl (C=O) groups is 1. The van der Waals surface area contributed by atoms with Gasteiger partial charge in [0.1, 0.15) is 5.75 Å². The van der Waals surface area contributed by atoms with Gasteiger partial charge in [-0.2, -0.15) is 0 Å². The summed E-state index contributed by atoms with van der Waals surface area (Å²) in [5.41, 5.74) is 3.78. The number of ether oxygens (including phenoxy) is 1. The molecular formula is C24H19ClN2O2. The van der Waals surface area contributed by atoms with Crippen LogP contribution in [0.5, 0.6) is 5.75 Å². The lowest BCUT2D eigenvalue weighted by Crippen LogP contribution is -2.11. The number of pyridine rings is 1. The Hall–Kier alpha value is -3.37. The summed E-state index contributed by atoms with van der Waals surface area (Å²) in [5, 5.41) is 4.23. The average molecular weight is 403 g/mol. The van der Waals surface area contributed by atoms with E-state index in [4.69, 9.17) is 21.3 Å². The second-order valence-corrected chi connectivity index (χ2v) is 6.94. The van der Waals surface area contributed by atoms with Crippen molar-refractivity contribution in [3.05, 3.63) is 89.4 Å². The molecule has 0 fully saturated rings. The van der Waals surface area contributed by atoms with Crippen molar-refractivity contribution in [2.75, 3.05) is 11.9 Å². The largest absolute Gasteiger partial charge is 0.493 e. The van der Waals surface area contributed by atoms with Gasteiger partial charge in [0.2, 0.25) is 0 Å². The first-order valence-electron chi connectivity index (χ1n) is 9.34. The molecule has 3 aromatic carbocycles. The summed E-state index contributed by atoms with van der Waals surface area (Å²) < 4.78 is 5.86. The molecule has 0 saturated carbocycles. The normalized spacial score (nSPS) is 10.7. The van der Waals surface area contributed by atoms with Crippen molar-refractivity contribution in [1.82, 2.24) is 4.98 Å². The van der Waals surface area contributed by atoms with Crippen LogP contribution in [-0.4, -0.2) is 17.5 Å². The average Bonchev–Trinajstić information content (AvgIpc) is 2.74. The van der Waals surface area contributed by atoms with Gasteiger partial charge in [-0.05, 0) is 43.3 Å². The smallest absolute Gasteiger partial charge is 0.255 e. The van der Waals surface area contributed by atoms with Crippen LogP contribution in [-0.2, 0) is 0 Å². The molecule has 144 valence electrons. The second kappa shape index (κ2) is 8.33. The lowest BCUT2D eigenvalue weighted by atomic mass is 10.1. The Morgan fingerprint density at radius 2 is 1.83 bits per heavy atom. The molecule has 1 heterocycles. The Bertz CT molecular complexity index is 1180. The van der Waals surface area contributed by atoms with Gasteiger partial charge in [-0.15, -0.1) is 0 Å². The number of aromatic nitrogens is 1. The number of benzene rings is 3. The molecule has 1 aromatic heterocycles. The maximum absolute atomic E-state index is 12.7. The Kier molecular flexibility index (Phi) is 5.45. The molecule has 0 aliphatic carbocycles. The SMILES string of the molecule is CCOc1cc(-c2ccccc2)nc2ccc(C(=O)Nc3cccc(Cl)c3)cc12. The van der Waals surface area contributed by atoms with Crippen molar-refractivity contribution in [2.24, 2.45) is 0 Å². The van der Waals surface area contributed by atoms with Gasteiger partial charge < -0.3 is 10.1 Å². The highest BCUT2D eigenvalue weighted by Crippen LogP contribution is 2.31. The highest BCUT2D eigenvalue weighted by atomic mass is 35.5. The zero-order valence-electron chi connectivity index (χ0n) is 15.9. The fraction of sp³-hybridized carbons (Fsp3) is 0.0833. The van der Waals surface area contributed by atoms with Crippen LogP contribution < -0.4 is 10.1 Å². The van der Waals surface area contributed by atoms with E-state index in [0.717, 1.165) is 22.2 Å². The zero-order chi connectivity index (χ0) is 20.2. The minimum atomic E-state index is -0.219. The number of fused-ring (bicyclic) bond motifs is 1. The third-order valence-corrected chi connectivity index (χ3v) is 4.72. The van der Waals surface area contributed by atoms with Gasteiger partial charge in [0, 0.05) is 33.3 Å². The van der Waals surface area contributed by atoms with E-state index in [1.165, 1.54) is 0 Å². The first-order valence-corrected chi connectivity index (χ1v) is 9.72. The van der Waals surface area contributed by atoms with Crippen LogP contribution in [0.4, 0.5) is 5.69 Å². The summed E-state index contributed by atoms with van der Waals surface area (Å²) >= 11 is 6.00. The number of anilines is 1. The number of hydrogen-bond donors (Lipinski definition) is 1. The molecule has 0 aliphatic heterocycles. The third-order valence-electron chi connectivity index (χ3n) is 4.48. The molecule has 1 amide bonds.